The van der Waals surface area contributed by atoms with Crippen LogP contribution in [0.15, 0.2) is 0 Å². The van der Waals surface area contributed by atoms with Crippen molar-refractivity contribution in [3.8, 4) is 0 Å². The lowest BCUT2D eigenvalue weighted by molar-refractivity contribution is -0.129. The molecule has 0 unspecified atom stereocenters. The minimum Gasteiger partial charge on any atom is -0.382 e. The van der Waals surface area contributed by atoms with Crippen molar-refractivity contribution in [2.24, 2.45) is 5.41 Å². The van der Waals surface area contributed by atoms with Gasteiger partial charge in [-0.15, -0.1) is 0 Å². The molecule has 0 spiro atoms. The lowest BCUT2D eigenvalue weighted by atomic mass is 9.89. The van der Waals surface area contributed by atoms with Gasteiger partial charge in [-0.3, -0.25) is 4.79 Å². The largest absolute Gasteiger partial charge is 0.382 e. The van der Waals surface area contributed by atoms with Gasteiger partial charge < -0.3 is 14.8 Å². The van der Waals surface area contributed by atoms with E-state index in [1.165, 1.54) is 0 Å². The van der Waals surface area contributed by atoms with Crippen LogP contribution in [0.5, 0.6) is 0 Å². The van der Waals surface area contributed by atoms with Gasteiger partial charge in [0.15, 0.2) is 0 Å². The fourth-order valence-electron chi connectivity index (χ4n) is 0.881. The van der Waals surface area contributed by atoms with Crippen LogP contribution in [-0.4, -0.2) is 39.4 Å². The molecule has 0 heterocycles. The number of methoxy groups -OCH3 is 1. The van der Waals surface area contributed by atoms with Gasteiger partial charge >= 0.3 is 0 Å². The van der Waals surface area contributed by atoms with Gasteiger partial charge in [-0.1, -0.05) is 20.8 Å². The van der Waals surface area contributed by atoms with Crippen LogP contribution < -0.4 is 5.32 Å². The molecule has 0 aliphatic rings. The fourth-order valence-corrected chi connectivity index (χ4v) is 0.881. The SMILES string of the molecule is CCC(C)(C)C(=O)NCCOCCOC. The number of hydrogen-bond acceptors (Lipinski definition) is 3. The second-order valence-corrected chi connectivity index (χ2v) is 4.10. The summed E-state index contributed by atoms with van der Waals surface area (Å²) in [4.78, 5) is 11.6. The first-order valence-electron chi connectivity index (χ1n) is 5.39. The predicted molar refractivity (Wildman–Crippen MR) is 59.8 cm³/mol. The van der Waals surface area contributed by atoms with Crippen molar-refractivity contribution in [1.82, 2.24) is 5.32 Å². The Bertz CT molecular complexity index is 181. The molecule has 0 saturated carbocycles. The highest BCUT2D eigenvalue weighted by molar-refractivity contribution is 5.81. The van der Waals surface area contributed by atoms with Gasteiger partial charge in [-0.05, 0) is 6.42 Å². The Hall–Kier alpha value is -0.610. The van der Waals surface area contributed by atoms with Gasteiger partial charge in [0, 0.05) is 19.1 Å². The number of carbonyl (C=O) groups excluding carboxylic acids is 1. The Morgan fingerprint density at radius 2 is 1.93 bits per heavy atom. The lowest BCUT2D eigenvalue weighted by Crippen LogP contribution is -2.38. The molecule has 0 bridgehead atoms. The molecule has 15 heavy (non-hydrogen) atoms. The van der Waals surface area contributed by atoms with E-state index in [9.17, 15) is 4.79 Å². The van der Waals surface area contributed by atoms with Crippen molar-refractivity contribution >= 4 is 5.91 Å². The molecule has 0 saturated heterocycles. The summed E-state index contributed by atoms with van der Waals surface area (Å²) in [6.07, 6.45) is 0.837. The third-order valence-corrected chi connectivity index (χ3v) is 2.46. The lowest BCUT2D eigenvalue weighted by Gasteiger charge is -2.21. The van der Waals surface area contributed by atoms with E-state index in [2.05, 4.69) is 5.32 Å². The summed E-state index contributed by atoms with van der Waals surface area (Å²) in [6.45, 7) is 8.15. The zero-order chi connectivity index (χ0) is 11.7. The molecule has 0 aliphatic carbocycles. The van der Waals surface area contributed by atoms with Crippen LogP contribution >= 0.6 is 0 Å². The summed E-state index contributed by atoms with van der Waals surface area (Å²) in [6, 6.07) is 0. The quantitative estimate of drug-likeness (QED) is 0.621. The normalized spacial score (nSPS) is 11.5. The molecule has 4 heteroatoms. The van der Waals surface area contributed by atoms with Gasteiger partial charge in [0.1, 0.15) is 0 Å². The van der Waals surface area contributed by atoms with E-state index in [1.54, 1.807) is 7.11 Å². The minimum absolute atomic E-state index is 0.0836. The zero-order valence-corrected chi connectivity index (χ0v) is 10.3. The van der Waals surface area contributed by atoms with Gasteiger partial charge in [-0.25, -0.2) is 0 Å². The maximum Gasteiger partial charge on any atom is 0.225 e. The first-order chi connectivity index (χ1) is 7.04. The van der Waals surface area contributed by atoms with E-state index in [4.69, 9.17) is 9.47 Å². The molecule has 0 aromatic heterocycles. The first-order valence-corrected chi connectivity index (χ1v) is 5.39. The van der Waals surface area contributed by atoms with Gasteiger partial charge in [0.2, 0.25) is 5.91 Å². The maximum atomic E-state index is 11.6. The number of carbonyl (C=O) groups is 1. The van der Waals surface area contributed by atoms with Crippen LogP contribution in [0, 0.1) is 5.41 Å². The number of hydrogen-bond donors (Lipinski definition) is 1. The van der Waals surface area contributed by atoms with Crippen molar-refractivity contribution in [3.63, 3.8) is 0 Å². The fraction of sp³-hybridized carbons (Fsp3) is 0.909. The van der Waals surface area contributed by atoms with E-state index in [-0.39, 0.29) is 11.3 Å². The van der Waals surface area contributed by atoms with Crippen molar-refractivity contribution in [2.75, 3.05) is 33.5 Å². The van der Waals surface area contributed by atoms with Gasteiger partial charge in [0.05, 0.1) is 19.8 Å². The first kappa shape index (κ1) is 14.4. The van der Waals surface area contributed by atoms with Crippen LogP contribution in [0.4, 0.5) is 0 Å². The molecule has 1 N–H and O–H groups in total. The Morgan fingerprint density at radius 3 is 2.47 bits per heavy atom. The average molecular weight is 217 g/mol. The third kappa shape index (κ3) is 6.47. The minimum atomic E-state index is -0.285. The van der Waals surface area contributed by atoms with Crippen LogP contribution in [-0.2, 0) is 14.3 Å². The molecular formula is C11H23NO3. The molecule has 0 aliphatic heterocycles. The summed E-state index contributed by atoms with van der Waals surface area (Å²) in [5, 5.41) is 2.85. The summed E-state index contributed by atoms with van der Waals surface area (Å²) < 4.78 is 10.1. The molecule has 90 valence electrons. The van der Waals surface area contributed by atoms with Gasteiger partial charge in [0.25, 0.3) is 0 Å². The van der Waals surface area contributed by atoms with E-state index in [1.807, 2.05) is 20.8 Å². The molecule has 1 amide bonds. The summed E-state index contributed by atoms with van der Waals surface area (Å²) in [5.41, 5.74) is -0.285. The van der Waals surface area contributed by atoms with Gasteiger partial charge in [-0.2, -0.15) is 0 Å². The predicted octanol–water partition coefficient (Wildman–Crippen LogP) is 1.20. The van der Waals surface area contributed by atoms with Crippen molar-refractivity contribution in [1.29, 1.82) is 0 Å². The smallest absolute Gasteiger partial charge is 0.225 e. The monoisotopic (exact) mass is 217 g/mol. The highest BCUT2D eigenvalue weighted by atomic mass is 16.5. The Balaban J connectivity index is 3.47. The molecule has 0 radical (unpaired) electrons. The molecule has 0 rings (SSSR count). The molecular weight excluding hydrogens is 194 g/mol. The summed E-state index contributed by atoms with van der Waals surface area (Å²) in [7, 11) is 1.63. The molecule has 0 aromatic rings. The van der Waals surface area contributed by atoms with E-state index < -0.39 is 0 Å². The molecule has 4 nitrogen and oxygen atoms in total. The number of ether oxygens (including phenoxy) is 2. The van der Waals surface area contributed by atoms with E-state index in [0.29, 0.717) is 26.4 Å². The van der Waals surface area contributed by atoms with E-state index >= 15 is 0 Å². The highest BCUT2D eigenvalue weighted by Gasteiger charge is 2.24. The standard InChI is InChI=1S/C11H23NO3/c1-5-11(2,3)10(13)12-6-7-15-9-8-14-4/h5-9H2,1-4H3,(H,12,13). The van der Waals surface area contributed by atoms with Crippen LogP contribution in [0.25, 0.3) is 0 Å². The summed E-state index contributed by atoms with van der Waals surface area (Å²) in [5.74, 6) is 0.0836. The van der Waals surface area contributed by atoms with Crippen molar-refractivity contribution in [3.05, 3.63) is 0 Å². The van der Waals surface area contributed by atoms with Crippen LogP contribution in [0.3, 0.4) is 0 Å². The topological polar surface area (TPSA) is 47.6 Å². The molecule has 0 aromatic carbocycles. The number of rotatable bonds is 8. The summed E-state index contributed by atoms with van der Waals surface area (Å²) >= 11 is 0. The highest BCUT2D eigenvalue weighted by Crippen LogP contribution is 2.18. The Kier molecular flexibility index (Phi) is 7.34. The second kappa shape index (κ2) is 7.65. The molecule has 0 fully saturated rings. The van der Waals surface area contributed by atoms with Crippen molar-refractivity contribution in [2.45, 2.75) is 27.2 Å². The third-order valence-electron chi connectivity index (χ3n) is 2.46. The van der Waals surface area contributed by atoms with Crippen molar-refractivity contribution < 1.29 is 14.3 Å². The Labute approximate surface area is 92.3 Å². The maximum absolute atomic E-state index is 11.6. The van der Waals surface area contributed by atoms with E-state index in [0.717, 1.165) is 6.42 Å². The number of nitrogens with one attached hydrogen (secondary N) is 1. The Morgan fingerprint density at radius 1 is 1.27 bits per heavy atom. The zero-order valence-electron chi connectivity index (χ0n) is 10.3. The van der Waals surface area contributed by atoms with Crippen LogP contribution in [0.1, 0.15) is 27.2 Å². The number of amides is 1. The second-order valence-electron chi connectivity index (χ2n) is 4.10. The molecule has 0 atom stereocenters. The van der Waals surface area contributed by atoms with Crippen LogP contribution in [0.2, 0.25) is 0 Å². The average Bonchev–Trinajstić information content (AvgIpc) is 2.22.